The number of aliphatic hydroxyl groups excluding tert-OH is 1. The minimum absolute atomic E-state index is 0.0187. The molecule has 0 aliphatic heterocycles. The highest BCUT2D eigenvalue weighted by Crippen LogP contribution is 2.29. The second kappa shape index (κ2) is 9.87. The van der Waals surface area contributed by atoms with Crippen molar-refractivity contribution in [1.82, 2.24) is 10.7 Å². The van der Waals surface area contributed by atoms with Gasteiger partial charge in [-0.05, 0) is 18.3 Å². The van der Waals surface area contributed by atoms with E-state index in [2.05, 4.69) is 22.4 Å². The first-order chi connectivity index (χ1) is 10.6. The van der Waals surface area contributed by atoms with Gasteiger partial charge in [0.05, 0.1) is 22.6 Å². The van der Waals surface area contributed by atoms with Crippen LogP contribution in [0.25, 0.3) is 0 Å². The molecule has 0 saturated carbocycles. The molecule has 3 N–H and O–H groups in total. The van der Waals surface area contributed by atoms with E-state index in [0.29, 0.717) is 27.9 Å². The molecule has 0 unspecified atom stereocenters. The molecule has 1 aromatic rings. The summed E-state index contributed by atoms with van der Waals surface area (Å²) >= 11 is 6.18. The highest BCUT2D eigenvalue weighted by Gasteiger charge is 2.14. The minimum atomic E-state index is -0.458. The van der Waals surface area contributed by atoms with Gasteiger partial charge in [0.1, 0.15) is 0 Å². The van der Waals surface area contributed by atoms with Gasteiger partial charge in [0.2, 0.25) is 0 Å². The van der Waals surface area contributed by atoms with Crippen LogP contribution in [-0.2, 0) is 0 Å². The maximum atomic E-state index is 11.1. The van der Waals surface area contributed by atoms with Gasteiger partial charge in [-0.25, -0.2) is 0 Å². The lowest BCUT2D eigenvalue weighted by atomic mass is 10.2. The number of aliphatic hydroxyl groups is 1. The van der Waals surface area contributed by atoms with Crippen LogP contribution < -0.4 is 10.7 Å². The topological polar surface area (TPSA) is 99.8 Å². The Morgan fingerprint density at radius 1 is 1.59 bits per heavy atom. The van der Waals surface area contributed by atoms with E-state index >= 15 is 0 Å². The molecule has 0 aromatic heterocycles. The first-order valence-electron chi connectivity index (χ1n) is 6.28. The molecule has 0 aliphatic carbocycles. The van der Waals surface area contributed by atoms with Gasteiger partial charge in [0.15, 0.2) is 5.11 Å². The third-order valence-electron chi connectivity index (χ3n) is 2.32. The quantitative estimate of drug-likeness (QED) is 0.165. The SMILES string of the molecule is C=CCNC(=S)N/N=C/c1ccc(SCCO)c([N+](=O)[O-])c1. The highest BCUT2D eigenvalue weighted by molar-refractivity contribution is 7.99. The maximum Gasteiger partial charge on any atom is 0.283 e. The largest absolute Gasteiger partial charge is 0.396 e. The molecule has 0 spiro atoms. The van der Waals surface area contributed by atoms with Crippen molar-refractivity contribution in [3.05, 3.63) is 46.5 Å². The minimum Gasteiger partial charge on any atom is -0.396 e. The molecule has 0 fully saturated rings. The number of hydrazone groups is 1. The fraction of sp³-hybridized carbons (Fsp3) is 0.231. The fourth-order valence-electron chi connectivity index (χ4n) is 1.40. The number of benzene rings is 1. The van der Waals surface area contributed by atoms with E-state index in [0.717, 1.165) is 0 Å². The van der Waals surface area contributed by atoms with E-state index in [-0.39, 0.29) is 12.3 Å². The van der Waals surface area contributed by atoms with E-state index < -0.39 is 4.92 Å². The first kappa shape index (κ1) is 18.1. The van der Waals surface area contributed by atoms with Crippen molar-refractivity contribution in [1.29, 1.82) is 0 Å². The molecule has 1 aromatic carbocycles. The second-order valence-corrected chi connectivity index (χ2v) is 5.47. The summed E-state index contributed by atoms with van der Waals surface area (Å²) in [5.41, 5.74) is 3.15. The molecule has 118 valence electrons. The summed E-state index contributed by atoms with van der Waals surface area (Å²) in [5.74, 6) is 0.402. The Labute approximate surface area is 137 Å². The van der Waals surface area contributed by atoms with Crippen LogP contribution in [0.3, 0.4) is 0 Å². The summed E-state index contributed by atoms with van der Waals surface area (Å²) in [6.45, 7) is 4.03. The van der Waals surface area contributed by atoms with Gasteiger partial charge in [0.25, 0.3) is 5.69 Å². The third kappa shape index (κ3) is 6.20. The lowest BCUT2D eigenvalue weighted by Crippen LogP contribution is -2.31. The van der Waals surface area contributed by atoms with Crippen molar-refractivity contribution in [2.24, 2.45) is 5.10 Å². The Morgan fingerprint density at radius 3 is 3.00 bits per heavy atom. The summed E-state index contributed by atoms with van der Waals surface area (Å²) < 4.78 is 0. The van der Waals surface area contributed by atoms with Crippen molar-refractivity contribution in [2.45, 2.75) is 4.90 Å². The molecule has 7 nitrogen and oxygen atoms in total. The van der Waals surface area contributed by atoms with Gasteiger partial charge in [-0.2, -0.15) is 5.10 Å². The summed E-state index contributed by atoms with van der Waals surface area (Å²) in [6.07, 6.45) is 3.10. The normalized spacial score (nSPS) is 10.4. The van der Waals surface area contributed by atoms with Crippen LogP contribution in [0.4, 0.5) is 5.69 Å². The Morgan fingerprint density at radius 2 is 2.36 bits per heavy atom. The van der Waals surface area contributed by atoms with E-state index in [4.69, 9.17) is 17.3 Å². The lowest BCUT2D eigenvalue weighted by molar-refractivity contribution is -0.387. The Kier molecular flexibility index (Phi) is 8.11. The summed E-state index contributed by atoms with van der Waals surface area (Å²) in [6, 6.07) is 4.76. The van der Waals surface area contributed by atoms with Crippen LogP contribution in [0.15, 0.2) is 40.9 Å². The van der Waals surface area contributed by atoms with Crippen LogP contribution in [0.5, 0.6) is 0 Å². The van der Waals surface area contributed by atoms with Crippen LogP contribution in [-0.4, -0.2) is 40.3 Å². The number of thioether (sulfide) groups is 1. The van der Waals surface area contributed by atoms with Crippen LogP contribution in [0.1, 0.15) is 5.56 Å². The van der Waals surface area contributed by atoms with Gasteiger partial charge >= 0.3 is 0 Å². The molecule has 0 heterocycles. The second-order valence-electron chi connectivity index (χ2n) is 3.93. The Bertz CT molecular complexity index is 578. The molecule has 0 atom stereocenters. The maximum absolute atomic E-state index is 11.1. The molecule has 0 aliphatic rings. The number of nitro benzene ring substituents is 1. The van der Waals surface area contributed by atoms with Crippen LogP contribution in [0, 0.1) is 10.1 Å². The van der Waals surface area contributed by atoms with E-state index in [1.54, 1.807) is 18.2 Å². The van der Waals surface area contributed by atoms with Crippen molar-refractivity contribution in [2.75, 3.05) is 18.9 Å². The molecular weight excluding hydrogens is 324 g/mol. The van der Waals surface area contributed by atoms with Gasteiger partial charge in [-0.15, -0.1) is 18.3 Å². The van der Waals surface area contributed by atoms with E-state index in [1.807, 2.05) is 0 Å². The average Bonchev–Trinajstić information content (AvgIpc) is 2.51. The van der Waals surface area contributed by atoms with Crippen molar-refractivity contribution in [3.63, 3.8) is 0 Å². The molecule has 22 heavy (non-hydrogen) atoms. The molecule has 1 rings (SSSR count). The summed E-state index contributed by atoms with van der Waals surface area (Å²) in [7, 11) is 0. The summed E-state index contributed by atoms with van der Waals surface area (Å²) in [5, 5.41) is 26.9. The van der Waals surface area contributed by atoms with Gasteiger partial charge in [0, 0.05) is 23.9 Å². The fourth-order valence-corrected chi connectivity index (χ4v) is 2.30. The predicted octanol–water partition coefficient (Wildman–Crippen LogP) is 1.66. The third-order valence-corrected chi connectivity index (χ3v) is 3.59. The Hall–Kier alpha value is -1.97. The van der Waals surface area contributed by atoms with Gasteiger partial charge in [-0.1, -0.05) is 12.1 Å². The standard InChI is InChI=1S/C13H16N4O3S2/c1-2-5-14-13(21)16-15-9-10-3-4-12(22-7-6-18)11(8-10)17(19)20/h2-4,8-9,18H,1,5-7H2,(H2,14,16,21)/b15-9+. The Balaban J connectivity index is 2.75. The van der Waals surface area contributed by atoms with E-state index in [9.17, 15) is 10.1 Å². The summed E-state index contributed by atoms with van der Waals surface area (Å²) in [4.78, 5) is 11.1. The first-order valence-corrected chi connectivity index (χ1v) is 7.67. The molecule has 0 saturated heterocycles. The number of thiocarbonyl (C=S) groups is 1. The molecule has 0 amide bonds. The molecule has 0 bridgehead atoms. The smallest absolute Gasteiger partial charge is 0.283 e. The predicted molar refractivity (Wildman–Crippen MR) is 92.4 cm³/mol. The van der Waals surface area contributed by atoms with Crippen molar-refractivity contribution >= 4 is 41.0 Å². The van der Waals surface area contributed by atoms with Crippen molar-refractivity contribution in [3.8, 4) is 0 Å². The number of hydrogen-bond acceptors (Lipinski definition) is 6. The zero-order valence-corrected chi connectivity index (χ0v) is 13.3. The zero-order valence-electron chi connectivity index (χ0n) is 11.7. The van der Waals surface area contributed by atoms with Crippen LogP contribution in [0.2, 0.25) is 0 Å². The molecule has 9 heteroatoms. The highest BCUT2D eigenvalue weighted by atomic mass is 32.2. The number of hydrogen-bond donors (Lipinski definition) is 3. The van der Waals surface area contributed by atoms with Crippen LogP contribution >= 0.6 is 24.0 Å². The van der Waals surface area contributed by atoms with Gasteiger partial charge < -0.3 is 10.4 Å². The number of nitrogens with zero attached hydrogens (tertiary/aromatic N) is 2. The van der Waals surface area contributed by atoms with Gasteiger partial charge in [-0.3, -0.25) is 15.5 Å². The average molecular weight is 340 g/mol. The zero-order chi connectivity index (χ0) is 16.4. The lowest BCUT2D eigenvalue weighted by Gasteiger charge is -2.04. The number of nitrogens with one attached hydrogen (secondary N) is 2. The van der Waals surface area contributed by atoms with E-state index in [1.165, 1.54) is 24.0 Å². The number of rotatable bonds is 8. The molecule has 0 radical (unpaired) electrons. The molecular formula is C13H16N4O3S2. The monoisotopic (exact) mass is 340 g/mol. The number of nitro groups is 1. The van der Waals surface area contributed by atoms with Crippen molar-refractivity contribution < 1.29 is 10.0 Å².